The van der Waals surface area contributed by atoms with Gasteiger partial charge < -0.3 is 28.3 Å². The second kappa shape index (κ2) is 7.50. The van der Waals surface area contributed by atoms with Gasteiger partial charge in [0.25, 0.3) is 0 Å². The smallest absolute Gasteiger partial charge is 0.152 e. The quantitative estimate of drug-likeness (QED) is 0.322. The van der Waals surface area contributed by atoms with E-state index in [1.165, 1.54) is 26.2 Å². The molecular weight excluding hydrogens is 364 g/mol. The van der Waals surface area contributed by atoms with Crippen LogP contribution in [0.25, 0.3) is 0 Å². The van der Waals surface area contributed by atoms with E-state index in [9.17, 15) is 10.2 Å². The SMILES string of the molecule is CS(=O)(=O)[O-].CS(=O)(=O)[O-].OC1C[N+]2(CC[N+]3(CC2)CC(O)C3)C1. The first-order valence-electron chi connectivity index (χ1n) is 7.50. The van der Waals surface area contributed by atoms with Gasteiger partial charge in [-0.2, -0.15) is 0 Å². The average molecular weight is 390 g/mol. The van der Waals surface area contributed by atoms with Gasteiger partial charge in [-0.25, -0.2) is 16.8 Å². The van der Waals surface area contributed by atoms with E-state index in [0.29, 0.717) is 12.5 Å². The Hall–Kier alpha value is -0.340. The van der Waals surface area contributed by atoms with Crippen LogP contribution in [0.3, 0.4) is 0 Å². The molecule has 0 aromatic rings. The first-order chi connectivity index (χ1) is 10.6. The Morgan fingerprint density at radius 3 is 1.00 bits per heavy atom. The molecule has 3 saturated heterocycles. The zero-order valence-corrected chi connectivity index (χ0v) is 15.5. The maximum Gasteiger partial charge on any atom is 0.152 e. The van der Waals surface area contributed by atoms with Crippen LogP contribution in [0.1, 0.15) is 0 Å². The lowest BCUT2D eigenvalue weighted by Crippen LogP contribution is -2.79. The highest BCUT2D eigenvalue weighted by Crippen LogP contribution is 2.30. The van der Waals surface area contributed by atoms with Gasteiger partial charge >= 0.3 is 0 Å². The van der Waals surface area contributed by atoms with Gasteiger partial charge in [-0.05, 0) is 0 Å². The summed E-state index contributed by atoms with van der Waals surface area (Å²) in [5.74, 6) is 0. The van der Waals surface area contributed by atoms with Crippen molar-refractivity contribution in [2.45, 2.75) is 12.2 Å². The minimum Gasteiger partial charge on any atom is -0.748 e. The lowest BCUT2D eigenvalue weighted by molar-refractivity contribution is -1.07. The molecule has 24 heavy (non-hydrogen) atoms. The third kappa shape index (κ3) is 8.16. The van der Waals surface area contributed by atoms with Crippen molar-refractivity contribution >= 4 is 20.2 Å². The summed E-state index contributed by atoms with van der Waals surface area (Å²) in [7, 11) is -7.83. The molecule has 3 heterocycles. The molecule has 12 heteroatoms. The van der Waals surface area contributed by atoms with Crippen molar-refractivity contribution in [2.75, 3.05) is 64.9 Å². The molecular formula is C12H26N2O8S2. The van der Waals surface area contributed by atoms with Crippen LogP contribution in [-0.4, -0.2) is 122 Å². The molecule has 0 radical (unpaired) electrons. The van der Waals surface area contributed by atoms with E-state index in [-0.39, 0.29) is 12.2 Å². The van der Waals surface area contributed by atoms with E-state index in [4.69, 9.17) is 25.9 Å². The van der Waals surface area contributed by atoms with E-state index in [2.05, 4.69) is 0 Å². The average Bonchev–Trinajstić information content (AvgIpc) is 2.24. The van der Waals surface area contributed by atoms with E-state index in [1.54, 1.807) is 0 Å². The molecule has 0 aromatic heterocycles. The summed E-state index contributed by atoms with van der Waals surface area (Å²) in [5.41, 5.74) is 0. The summed E-state index contributed by atoms with van der Waals surface area (Å²) < 4.78 is 56.8. The number of piperazine rings is 1. The largest absolute Gasteiger partial charge is 0.748 e. The van der Waals surface area contributed by atoms with E-state index >= 15 is 0 Å². The van der Waals surface area contributed by atoms with Gasteiger partial charge in [-0.15, -0.1) is 0 Å². The van der Waals surface area contributed by atoms with Crippen LogP contribution in [0.5, 0.6) is 0 Å². The Morgan fingerprint density at radius 2 is 0.875 bits per heavy atom. The Balaban J connectivity index is 0.000000243. The number of aliphatic hydroxyl groups excluding tert-OH is 2. The fraction of sp³-hybridized carbons (Fsp3) is 1.00. The van der Waals surface area contributed by atoms with Crippen molar-refractivity contribution in [2.24, 2.45) is 0 Å². The highest BCUT2D eigenvalue weighted by molar-refractivity contribution is 7.85. The molecule has 144 valence electrons. The number of aliphatic hydroxyl groups is 2. The Morgan fingerprint density at radius 1 is 0.708 bits per heavy atom. The second-order valence-electron chi connectivity index (χ2n) is 7.02. The maximum atomic E-state index is 9.35. The van der Waals surface area contributed by atoms with E-state index < -0.39 is 20.2 Å². The number of rotatable bonds is 0. The standard InChI is InChI=1S/C10H20N2O2.2CH4O3S/c13-9-5-11(6-9)1-2-12(4-3-11)7-10(14)8-12;2*1-5(2,3)4/h9-10,13-14H,1-8H2;2*1H3,(H,2,3,4)/q+2;;/p-2. The fourth-order valence-electron chi connectivity index (χ4n) is 3.48. The minimum absolute atomic E-state index is 0.0384. The zero-order valence-electron chi connectivity index (χ0n) is 13.9. The first-order valence-corrected chi connectivity index (χ1v) is 11.1. The third-order valence-electron chi connectivity index (χ3n) is 4.49. The molecule has 3 rings (SSSR count). The van der Waals surface area contributed by atoms with Crippen LogP contribution in [0.2, 0.25) is 0 Å². The number of quaternary nitrogens is 2. The molecule has 0 aliphatic carbocycles. The number of hydrogen-bond donors (Lipinski definition) is 2. The van der Waals surface area contributed by atoms with Crippen LogP contribution >= 0.6 is 0 Å². The Labute approximate surface area is 143 Å². The van der Waals surface area contributed by atoms with Gasteiger partial charge in [0, 0.05) is 12.5 Å². The monoisotopic (exact) mass is 390 g/mol. The Kier molecular flexibility index (Phi) is 6.78. The molecule has 0 saturated carbocycles. The van der Waals surface area contributed by atoms with Crippen molar-refractivity contribution in [3.05, 3.63) is 0 Å². The molecule has 0 bridgehead atoms. The predicted octanol–water partition coefficient (Wildman–Crippen LogP) is -3.29. The summed E-state index contributed by atoms with van der Waals surface area (Å²) in [6.45, 7) is 8.75. The van der Waals surface area contributed by atoms with Crippen LogP contribution < -0.4 is 0 Å². The van der Waals surface area contributed by atoms with Crippen LogP contribution in [0.15, 0.2) is 0 Å². The van der Waals surface area contributed by atoms with Gasteiger partial charge in [0.1, 0.15) is 52.4 Å². The minimum atomic E-state index is -3.92. The molecule has 0 aromatic carbocycles. The summed E-state index contributed by atoms with van der Waals surface area (Å²) in [5, 5.41) is 18.7. The molecule has 0 amide bonds. The molecule has 3 aliphatic heterocycles. The predicted molar refractivity (Wildman–Crippen MR) is 82.7 cm³/mol. The molecule has 2 spiro atoms. The summed E-state index contributed by atoms with van der Waals surface area (Å²) in [6.07, 6.45) is 1.13. The lowest BCUT2D eigenvalue weighted by Gasteiger charge is -2.58. The van der Waals surface area contributed by atoms with Gasteiger partial charge in [0.2, 0.25) is 0 Å². The van der Waals surface area contributed by atoms with Gasteiger partial charge in [0.05, 0.1) is 20.2 Å². The second-order valence-corrected chi connectivity index (χ2v) is 9.84. The molecule has 10 nitrogen and oxygen atoms in total. The van der Waals surface area contributed by atoms with Crippen LogP contribution in [-0.2, 0) is 20.2 Å². The van der Waals surface area contributed by atoms with Gasteiger partial charge in [0.15, 0.2) is 12.2 Å². The summed E-state index contributed by atoms with van der Waals surface area (Å²) in [6, 6.07) is 0. The third-order valence-corrected chi connectivity index (χ3v) is 4.49. The zero-order chi connectivity index (χ0) is 18.8. The normalized spacial score (nSPS) is 38.1. The van der Waals surface area contributed by atoms with E-state index in [0.717, 1.165) is 35.1 Å². The molecule has 3 fully saturated rings. The highest BCUT2D eigenvalue weighted by atomic mass is 32.2. The first kappa shape index (κ1) is 21.7. The Bertz CT molecular complexity index is 537. The molecule has 0 unspecified atom stereocenters. The number of nitrogens with zero attached hydrogens (tertiary/aromatic N) is 2. The maximum absolute atomic E-state index is 9.35. The molecule has 3 aliphatic rings. The topological polar surface area (TPSA) is 155 Å². The van der Waals surface area contributed by atoms with Gasteiger partial charge in [-0.1, -0.05) is 0 Å². The van der Waals surface area contributed by atoms with Crippen molar-refractivity contribution in [3.8, 4) is 0 Å². The summed E-state index contributed by atoms with van der Waals surface area (Å²) in [4.78, 5) is 0. The summed E-state index contributed by atoms with van der Waals surface area (Å²) >= 11 is 0. The van der Waals surface area contributed by atoms with Gasteiger partial charge in [-0.3, -0.25) is 0 Å². The molecule has 2 N–H and O–H groups in total. The molecule has 0 atom stereocenters. The highest BCUT2D eigenvalue weighted by Gasteiger charge is 2.53. The lowest BCUT2D eigenvalue weighted by atomic mass is 9.98. The van der Waals surface area contributed by atoms with Crippen molar-refractivity contribution in [1.29, 1.82) is 0 Å². The van der Waals surface area contributed by atoms with E-state index in [1.807, 2.05) is 0 Å². The fourth-order valence-corrected chi connectivity index (χ4v) is 3.48. The van der Waals surface area contributed by atoms with Crippen molar-refractivity contribution < 1.29 is 45.1 Å². The van der Waals surface area contributed by atoms with Crippen LogP contribution in [0.4, 0.5) is 0 Å². The van der Waals surface area contributed by atoms with Crippen LogP contribution in [0, 0.1) is 0 Å². The van der Waals surface area contributed by atoms with Crippen molar-refractivity contribution in [3.63, 3.8) is 0 Å². The number of hydrogen-bond acceptors (Lipinski definition) is 8. The van der Waals surface area contributed by atoms with Crippen molar-refractivity contribution in [1.82, 2.24) is 0 Å².